The van der Waals surface area contributed by atoms with Gasteiger partial charge in [-0.1, -0.05) is 6.92 Å². The van der Waals surface area contributed by atoms with Crippen LogP contribution in [-0.4, -0.2) is 27.0 Å². The molecule has 1 rings (SSSR count). The lowest BCUT2D eigenvalue weighted by Crippen LogP contribution is -2.01. The van der Waals surface area contributed by atoms with Gasteiger partial charge in [0.2, 0.25) is 0 Å². The van der Waals surface area contributed by atoms with Crippen LogP contribution in [0.5, 0.6) is 0 Å². The van der Waals surface area contributed by atoms with Crippen molar-refractivity contribution in [3.05, 3.63) is 17.8 Å². The minimum atomic E-state index is -0.958. The molecular weight excluding hydrogens is 176 g/mol. The second kappa shape index (κ2) is 4.06. The third-order valence-corrected chi connectivity index (χ3v) is 2.06. The van der Waals surface area contributed by atoms with Crippen molar-refractivity contribution < 1.29 is 9.90 Å². The Morgan fingerprint density at radius 3 is 3.08 bits per heavy atom. The summed E-state index contributed by atoms with van der Waals surface area (Å²) in [4.78, 5) is 10.6. The van der Waals surface area contributed by atoms with Crippen LogP contribution >= 0.6 is 11.8 Å². The molecule has 0 aliphatic rings. The van der Waals surface area contributed by atoms with Crippen LogP contribution in [0.2, 0.25) is 0 Å². The number of aromatic nitrogens is 2. The standard InChI is InChI=1S/C7H8N2O2S/c1-2-12-6-5(7(10)11)3-4-8-9-6/h3-4H,2H2,1H3,(H,10,11). The van der Waals surface area contributed by atoms with E-state index >= 15 is 0 Å². The first-order valence-electron chi connectivity index (χ1n) is 3.43. The monoisotopic (exact) mass is 184 g/mol. The molecule has 0 radical (unpaired) electrons. The summed E-state index contributed by atoms with van der Waals surface area (Å²) in [5, 5.41) is 16.5. The van der Waals surface area contributed by atoms with E-state index in [1.807, 2.05) is 6.92 Å². The fourth-order valence-corrected chi connectivity index (χ4v) is 1.41. The van der Waals surface area contributed by atoms with Crippen LogP contribution in [0, 0.1) is 0 Å². The molecule has 0 amide bonds. The molecule has 4 nitrogen and oxygen atoms in total. The first-order valence-corrected chi connectivity index (χ1v) is 4.42. The van der Waals surface area contributed by atoms with Crippen LogP contribution in [-0.2, 0) is 0 Å². The molecule has 0 atom stereocenters. The van der Waals surface area contributed by atoms with E-state index in [0.29, 0.717) is 5.03 Å². The molecule has 0 aliphatic heterocycles. The molecule has 1 aromatic heterocycles. The van der Waals surface area contributed by atoms with Gasteiger partial charge < -0.3 is 5.11 Å². The molecule has 0 aromatic carbocycles. The van der Waals surface area contributed by atoms with Gasteiger partial charge in [-0.2, -0.15) is 5.10 Å². The predicted octanol–water partition coefficient (Wildman–Crippen LogP) is 1.29. The summed E-state index contributed by atoms with van der Waals surface area (Å²) in [6.45, 7) is 1.94. The summed E-state index contributed by atoms with van der Waals surface area (Å²) in [7, 11) is 0. The third kappa shape index (κ3) is 1.94. The summed E-state index contributed by atoms with van der Waals surface area (Å²) in [6, 6.07) is 1.45. The fraction of sp³-hybridized carbons (Fsp3) is 0.286. The number of nitrogens with zero attached hydrogens (tertiary/aromatic N) is 2. The average molecular weight is 184 g/mol. The van der Waals surface area contributed by atoms with Crippen LogP contribution in [0.3, 0.4) is 0 Å². The molecule has 0 saturated heterocycles. The fourth-order valence-electron chi connectivity index (χ4n) is 0.725. The highest BCUT2D eigenvalue weighted by Gasteiger charge is 2.10. The molecule has 64 valence electrons. The van der Waals surface area contributed by atoms with Gasteiger partial charge in [0.15, 0.2) is 0 Å². The number of hydrogen-bond acceptors (Lipinski definition) is 4. The second-order valence-electron chi connectivity index (χ2n) is 1.99. The zero-order chi connectivity index (χ0) is 8.97. The van der Waals surface area contributed by atoms with Crippen LogP contribution in [0.4, 0.5) is 0 Å². The van der Waals surface area contributed by atoms with E-state index in [9.17, 15) is 4.79 Å². The Hall–Kier alpha value is -1.10. The van der Waals surface area contributed by atoms with Gasteiger partial charge >= 0.3 is 5.97 Å². The van der Waals surface area contributed by atoms with Crippen molar-refractivity contribution in [2.24, 2.45) is 0 Å². The lowest BCUT2D eigenvalue weighted by molar-refractivity contribution is 0.0692. The SMILES string of the molecule is CCSc1nnccc1C(=O)O. The van der Waals surface area contributed by atoms with Gasteiger partial charge in [-0.15, -0.1) is 16.9 Å². The van der Waals surface area contributed by atoms with Crippen molar-refractivity contribution in [2.75, 3.05) is 5.75 Å². The molecule has 0 bridgehead atoms. The number of hydrogen-bond donors (Lipinski definition) is 1. The molecule has 5 heteroatoms. The van der Waals surface area contributed by atoms with E-state index in [2.05, 4.69) is 10.2 Å². The van der Waals surface area contributed by atoms with Gasteiger partial charge in [0, 0.05) is 0 Å². The molecule has 1 aromatic rings. The Morgan fingerprint density at radius 1 is 1.75 bits per heavy atom. The Bertz CT molecular complexity index is 290. The largest absolute Gasteiger partial charge is 0.478 e. The number of carboxylic acid groups (broad SMARTS) is 1. The maximum absolute atomic E-state index is 10.6. The van der Waals surface area contributed by atoms with Gasteiger partial charge in [-0.25, -0.2) is 4.79 Å². The third-order valence-electron chi connectivity index (χ3n) is 1.20. The number of thioether (sulfide) groups is 1. The highest BCUT2D eigenvalue weighted by Crippen LogP contribution is 2.17. The highest BCUT2D eigenvalue weighted by atomic mass is 32.2. The topological polar surface area (TPSA) is 63.1 Å². The number of carbonyl (C=O) groups is 1. The van der Waals surface area contributed by atoms with Crippen molar-refractivity contribution >= 4 is 17.7 Å². The number of aromatic carboxylic acids is 1. The number of carboxylic acids is 1. The van der Waals surface area contributed by atoms with Crippen LogP contribution in [0.1, 0.15) is 17.3 Å². The minimum Gasteiger partial charge on any atom is -0.478 e. The van der Waals surface area contributed by atoms with Crippen LogP contribution in [0.25, 0.3) is 0 Å². The summed E-state index contributed by atoms with van der Waals surface area (Å²) in [5.74, 6) is -0.167. The van der Waals surface area contributed by atoms with Gasteiger partial charge in [0.25, 0.3) is 0 Å². The van der Waals surface area contributed by atoms with Crippen molar-refractivity contribution in [1.29, 1.82) is 0 Å². The Morgan fingerprint density at radius 2 is 2.50 bits per heavy atom. The predicted molar refractivity (Wildman–Crippen MR) is 45.4 cm³/mol. The summed E-state index contributed by atoms with van der Waals surface area (Å²) < 4.78 is 0. The van der Waals surface area contributed by atoms with E-state index in [-0.39, 0.29) is 5.56 Å². The zero-order valence-corrected chi connectivity index (χ0v) is 7.34. The van der Waals surface area contributed by atoms with Gasteiger partial charge in [-0.05, 0) is 11.8 Å². The summed E-state index contributed by atoms with van der Waals surface area (Å²) >= 11 is 1.38. The van der Waals surface area contributed by atoms with E-state index in [1.165, 1.54) is 24.0 Å². The maximum Gasteiger partial charge on any atom is 0.338 e. The molecule has 0 unspecified atom stereocenters. The maximum atomic E-state index is 10.6. The normalized spacial score (nSPS) is 9.75. The molecule has 1 N–H and O–H groups in total. The lowest BCUT2D eigenvalue weighted by Gasteiger charge is -1.99. The van der Waals surface area contributed by atoms with Gasteiger partial charge in [0.05, 0.1) is 11.8 Å². The first-order chi connectivity index (χ1) is 5.75. The van der Waals surface area contributed by atoms with E-state index in [4.69, 9.17) is 5.11 Å². The van der Waals surface area contributed by atoms with Crippen LogP contribution in [0.15, 0.2) is 17.3 Å². The van der Waals surface area contributed by atoms with E-state index in [0.717, 1.165) is 5.75 Å². The molecule has 0 fully saturated rings. The Labute approximate surface area is 74.0 Å². The van der Waals surface area contributed by atoms with Crippen molar-refractivity contribution in [3.8, 4) is 0 Å². The van der Waals surface area contributed by atoms with E-state index < -0.39 is 5.97 Å². The average Bonchev–Trinajstić information content (AvgIpc) is 2.05. The highest BCUT2D eigenvalue weighted by molar-refractivity contribution is 7.99. The van der Waals surface area contributed by atoms with Crippen LogP contribution < -0.4 is 0 Å². The quantitative estimate of drug-likeness (QED) is 0.717. The molecule has 12 heavy (non-hydrogen) atoms. The second-order valence-corrected chi connectivity index (χ2v) is 3.24. The van der Waals surface area contributed by atoms with Gasteiger partial charge in [-0.3, -0.25) is 0 Å². The smallest absolute Gasteiger partial charge is 0.338 e. The van der Waals surface area contributed by atoms with Gasteiger partial charge in [0.1, 0.15) is 5.03 Å². The molecular formula is C7H8N2O2S. The Balaban J connectivity index is 3.00. The van der Waals surface area contributed by atoms with E-state index in [1.54, 1.807) is 0 Å². The van der Waals surface area contributed by atoms with Crippen molar-refractivity contribution in [1.82, 2.24) is 10.2 Å². The summed E-state index contributed by atoms with van der Waals surface area (Å²) in [6.07, 6.45) is 1.38. The lowest BCUT2D eigenvalue weighted by atomic mass is 10.3. The molecule has 0 saturated carbocycles. The first kappa shape index (κ1) is 8.99. The van der Waals surface area contributed by atoms with Crippen molar-refractivity contribution in [2.45, 2.75) is 11.9 Å². The zero-order valence-electron chi connectivity index (χ0n) is 6.52. The van der Waals surface area contributed by atoms with Crippen molar-refractivity contribution in [3.63, 3.8) is 0 Å². The molecule has 1 heterocycles. The number of rotatable bonds is 3. The summed E-state index contributed by atoms with van der Waals surface area (Å²) in [5.41, 5.74) is 0.219. The Kier molecular flexibility index (Phi) is 3.04. The molecule has 0 aliphatic carbocycles. The minimum absolute atomic E-state index is 0.219. The molecule has 0 spiro atoms.